The summed E-state index contributed by atoms with van der Waals surface area (Å²) in [4.78, 5) is 13.1. The molecule has 0 aliphatic heterocycles. The van der Waals surface area contributed by atoms with Crippen LogP contribution >= 0.6 is 11.6 Å². The predicted molar refractivity (Wildman–Crippen MR) is 63.7 cm³/mol. The fourth-order valence-electron chi connectivity index (χ4n) is 1.49. The highest BCUT2D eigenvalue weighted by molar-refractivity contribution is 6.17. The lowest BCUT2D eigenvalue weighted by Gasteiger charge is -2.17. The van der Waals surface area contributed by atoms with Crippen LogP contribution in [0, 0.1) is 5.82 Å². The van der Waals surface area contributed by atoms with Crippen LogP contribution in [0.5, 0.6) is 0 Å². The van der Waals surface area contributed by atoms with Gasteiger partial charge in [0.05, 0.1) is 5.56 Å². The smallest absolute Gasteiger partial charge is 0.342 e. The molecular formula is C12H12ClF4NO. The molecule has 0 aromatic heterocycles. The number of nitrogens with zero attached hydrogens (tertiary/aromatic N) is 1. The lowest BCUT2D eigenvalue weighted by Crippen LogP contribution is -2.28. The van der Waals surface area contributed by atoms with Crippen molar-refractivity contribution in [3.63, 3.8) is 0 Å². The van der Waals surface area contributed by atoms with E-state index >= 15 is 0 Å². The lowest BCUT2D eigenvalue weighted by atomic mass is 10.1. The summed E-state index contributed by atoms with van der Waals surface area (Å²) in [5, 5.41) is 0. The van der Waals surface area contributed by atoms with E-state index < -0.39 is 23.5 Å². The normalized spacial score (nSPS) is 11.5. The summed E-state index contributed by atoms with van der Waals surface area (Å²) in [7, 11) is 1.45. The van der Waals surface area contributed by atoms with E-state index in [1.54, 1.807) is 0 Å². The van der Waals surface area contributed by atoms with Crippen molar-refractivity contribution >= 4 is 17.5 Å². The summed E-state index contributed by atoms with van der Waals surface area (Å²) < 4.78 is 50.6. The molecule has 1 aromatic carbocycles. The van der Waals surface area contributed by atoms with Crippen molar-refractivity contribution in [1.29, 1.82) is 0 Å². The third-order valence-electron chi connectivity index (χ3n) is 2.49. The number of hydrogen-bond acceptors (Lipinski definition) is 1. The first kappa shape index (κ1) is 15.8. The van der Waals surface area contributed by atoms with Crippen molar-refractivity contribution in [3.05, 3.63) is 35.1 Å². The van der Waals surface area contributed by atoms with Crippen LogP contribution in [0.4, 0.5) is 17.6 Å². The highest BCUT2D eigenvalue weighted by atomic mass is 35.5. The van der Waals surface area contributed by atoms with Gasteiger partial charge in [-0.15, -0.1) is 11.6 Å². The van der Waals surface area contributed by atoms with Gasteiger partial charge in [-0.05, 0) is 24.6 Å². The standard InChI is InChI=1S/C12H12ClF4NO/c1-18(6-2-5-13)11(19)8-3-4-10(14)9(7-8)12(15,16)17/h3-4,7H,2,5-6H2,1H3. The van der Waals surface area contributed by atoms with E-state index in [2.05, 4.69) is 0 Å². The van der Waals surface area contributed by atoms with Gasteiger partial charge in [-0.2, -0.15) is 13.2 Å². The van der Waals surface area contributed by atoms with Crippen LogP contribution in [0.1, 0.15) is 22.3 Å². The Balaban J connectivity index is 2.99. The third-order valence-corrected chi connectivity index (χ3v) is 2.76. The molecular weight excluding hydrogens is 286 g/mol. The summed E-state index contributed by atoms with van der Waals surface area (Å²) in [6.45, 7) is 0.320. The second-order valence-corrected chi connectivity index (χ2v) is 4.34. The maximum absolute atomic E-state index is 13.1. The van der Waals surface area contributed by atoms with E-state index in [0.29, 0.717) is 31.0 Å². The number of amides is 1. The molecule has 0 atom stereocenters. The van der Waals surface area contributed by atoms with Crippen molar-refractivity contribution in [1.82, 2.24) is 4.90 Å². The molecule has 0 fully saturated rings. The molecule has 1 rings (SSSR count). The number of rotatable bonds is 4. The van der Waals surface area contributed by atoms with Crippen molar-refractivity contribution < 1.29 is 22.4 Å². The molecule has 0 radical (unpaired) electrons. The zero-order valence-corrected chi connectivity index (χ0v) is 10.9. The quantitative estimate of drug-likeness (QED) is 0.615. The van der Waals surface area contributed by atoms with Gasteiger partial charge in [0.1, 0.15) is 5.82 Å². The number of hydrogen-bond donors (Lipinski definition) is 0. The zero-order chi connectivity index (χ0) is 14.6. The number of alkyl halides is 4. The molecule has 0 bridgehead atoms. The Labute approximate surface area is 113 Å². The second-order valence-electron chi connectivity index (χ2n) is 3.96. The molecule has 0 spiro atoms. The number of carbonyl (C=O) groups is 1. The molecule has 19 heavy (non-hydrogen) atoms. The molecule has 0 saturated heterocycles. The topological polar surface area (TPSA) is 20.3 Å². The summed E-state index contributed by atoms with van der Waals surface area (Å²) in [6, 6.07) is 2.20. The second kappa shape index (κ2) is 6.23. The van der Waals surface area contributed by atoms with E-state index in [4.69, 9.17) is 11.6 Å². The van der Waals surface area contributed by atoms with Gasteiger partial charge in [0.25, 0.3) is 5.91 Å². The number of carbonyl (C=O) groups excluding carboxylic acids is 1. The fraction of sp³-hybridized carbons (Fsp3) is 0.417. The molecule has 0 N–H and O–H groups in total. The Morgan fingerprint density at radius 3 is 2.53 bits per heavy atom. The molecule has 7 heteroatoms. The monoisotopic (exact) mass is 297 g/mol. The lowest BCUT2D eigenvalue weighted by molar-refractivity contribution is -0.140. The van der Waals surface area contributed by atoms with Gasteiger partial charge >= 0.3 is 6.18 Å². The van der Waals surface area contributed by atoms with Gasteiger partial charge in [-0.1, -0.05) is 0 Å². The number of benzene rings is 1. The molecule has 0 aliphatic rings. The molecule has 1 aromatic rings. The Kier molecular flexibility index (Phi) is 5.17. The van der Waals surface area contributed by atoms with Gasteiger partial charge in [0.15, 0.2) is 0 Å². The fourth-order valence-corrected chi connectivity index (χ4v) is 1.61. The first-order chi connectivity index (χ1) is 8.77. The highest BCUT2D eigenvalue weighted by Gasteiger charge is 2.34. The molecule has 106 valence electrons. The Hall–Kier alpha value is -1.30. The molecule has 0 aliphatic carbocycles. The molecule has 1 amide bonds. The van der Waals surface area contributed by atoms with Crippen molar-refractivity contribution in [2.45, 2.75) is 12.6 Å². The third kappa shape index (κ3) is 4.09. The predicted octanol–water partition coefficient (Wildman–Crippen LogP) is 3.55. The highest BCUT2D eigenvalue weighted by Crippen LogP contribution is 2.32. The van der Waals surface area contributed by atoms with Gasteiger partial charge in [-0.3, -0.25) is 4.79 Å². The molecule has 2 nitrogen and oxygen atoms in total. The van der Waals surface area contributed by atoms with Crippen LogP contribution < -0.4 is 0 Å². The minimum atomic E-state index is -4.82. The van der Waals surface area contributed by atoms with Gasteiger partial charge in [0, 0.05) is 25.0 Å². The van der Waals surface area contributed by atoms with Crippen LogP contribution in [0.25, 0.3) is 0 Å². The summed E-state index contributed by atoms with van der Waals surface area (Å²) >= 11 is 5.47. The number of halogens is 5. The largest absolute Gasteiger partial charge is 0.419 e. The first-order valence-corrected chi connectivity index (χ1v) is 5.99. The van der Waals surface area contributed by atoms with Crippen molar-refractivity contribution in [2.24, 2.45) is 0 Å². The minimum absolute atomic E-state index is 0.203. The summed E-state index contributed by atoms with van der Waals surface area (Å²) in [5.74, 6) is -1.66. The van der Waals surface area contributed by atoms with Gasteiger partial charge in [-0.25, -0.2) is 4.39 Å². The maximum Gasteiger partial charge on any atom is 0.419 e. The SMILES string of the molecule is CN(CCCCl)C(=O)c1ccc(F)c(C(F)(F)F)c1. The molecule has 0 unspecified atom stereocenters. The van der Waals surface area contributed by atoms with Gasteiger partial charge < -0.3 is 4.90 Å². The summed E-state index contributed by atoms with van der Waals surface area (Å²) in [6.07, 6.45) is -4.30. The Bertz CT molecular complexity index is 462. The van der Waals surface area contributed by atoms with E-state index in [9.17, 15) is 22.4 Å². The van der Waals surface area contributed by atoms with E-state index in [0.717, 1.165) is 6.07 Å². The van der Waals surface area contributed by atoms with E-state index in [1.165, 1.54) is 11.9 Å². The van der Waals surface area contributed by atoms with Crippen molar-refractivity contribution in [3.8, 4) is 0 Å². The van der Waals surface area contributed by atoms with E-state index in [1.807, 2.05) is 0 Å². The zero-order valence-electron chi connectivity index (χ0n) is 10.1. The average Bonchev–Trinajstić information content (AvgIpc) is 2.34. The van der Waals surface area contributed by atoms with Crippen LogP contribution in [0.2, 0.25) is 0 Å². The van der Waals surface area contributed by atoms with Gasteiger partial charge in [0.2, 0.25) is 0 Å². The first-order valence-electron chi connectivity index (χ1n) is 5.45. The minimum Gasteiger partial charge on any atom is -0.342 e. The van der Waals surface area contributed by atoms with Crippen LogP contribution in [0.15, 0.2) is 18.2 Å². The Morgan fingerprint density at radius 2 is 2.00 bits per heavy atom. The Morgan fingerprint density at radius 1 is 1.37 bits per heavy atom. The van der Waals surface area contributed by atoms with E-state index in [-0.39, 0.29) is 5.56 Å². The van der Waals surface area contributed by atoms with Crippen LogP contribution in [0.3, 0.4) is 0 Å². The maximum atomic E-state index is 13.1. The summed E-state index contributed by atoms with van der Waals surface area (Å²) in [5.41, 5.74) is -1.64. The van der Waals surface area contributed by atoms with Crippen LogP contribution in [-0.4, -0.2) is 30.3 Å². The van der Waals surface area contributed by atoms with Crippen LogP contribution in [-0.2, 0) is 6.18 Å². The van der Waals surface area contributed by atoms with Crippen molar-refractivity contribution in [2.75, 3.05) is 19.5 Å². The molecule has 0 heterocycles. The molecule has 0 saturated carbocycles. The average molecular weight is 298 g/mol.